The van der Waals surface area contributed by atoms with Crippen LogP contribution >= 0.6 is 0 Å². The lowest BCUT2D eigenvalue weighted by Gasteiger charge is -2.35. The maximum absolute atomic E-state index is 12.2. The number of amides is 2. The number of likely N-dealkylation sites (tertiary alicyclic amines) is 1. The van der Waals surface area contributed by atoms with E-state index in [4.69, 9.17) is 10.4 Å². The number of rotatable bonds is 2. The van der Waals surface area contributed by atoms with Crippen LogP contribution in [-0.4, -0.2) is 41.1 Å². The predicted octanol–water partition coefficient (Wildman–Crippen LogP) is 1.43. The van der Waals surface area contributed by atoms with Gasteiger partial charge in [-0.25, -0.2) is 4.79 Å². The van der Waals surface area contributed by atoms with Gasteiger partial charge in [0.05, 0.1) is 17.9 Å². The van der Waals surface area contributed by atoms with E-state index in [1.165, 1.54) is 0 Å². The number of aliphatic carboxylic acids is 1. The van der Waals surface area contributed by atoms with Crippen molar-refractivity contribution in [2.45, 2.75) is 38.6 Å². The van der Waals surface area contributed by atoms with Gasteiger partial charge in [0.2, 0.25) is 0 Å². The summed E-state index contributed by atoms with van der Waals surface area (Å²) < 4.78 is 0. The van der Waals surface area contributed by atoms with Crippen molar-refractivity contribution < 1.29 is 14.7 Å². The van der Waals surface area contributed by atoms with Crippen molar-refractivity contribution in [2.24, 2.45) is 17.8 Å². The maximum Gasteiger partial charge on any atom is 0.317 e. The van der Waals surface area contributed by atoms with Crippen LogP contribution < -0.4 is 5.32 Å². The molecule has 0 radical (unpaired) electrons. The number of carbonyl (C=O) groups excluding carboxylic acids is 1. The Morgan fingerprint density at radius 3 is 2.75 bits per heavy atom. The van der Waals surface area contributed by atoms with E-state index in [1.54, 1.807) is 4.90 Å². The fraction of sp³-hybridized carbons (Fsp3) is 0.786. The summed E-state index contributed by atoms with van der Waals surface area (Å²) in [6.07, 6.45) is 3.23. The molecule has 6 heteroatoms. The number of hydrogen-bond donors (Lipinski definition) is 2. The van der Waals surface area contributed by atoms with Gasteiger partial charge in [-0.2, -0.15) is 5.26 Å². The van der Waals surface area contributed by atoms with Gasteiger partial charge in [-0.05, 0) is 31.6 Å². The van der Waals surface area contributed by atoms with Gasteiger partial charge in [-0.3, -0.25) is 4.79 Å². The van der Waals surface area contributed by atoms with Crippen molar-refractivity contribution in [2.75, 3.05) is 13.1 Å². The number of nitriles is 1. The summed E-state index contributed by atoms with van der Waals surface area (Å²) >= 11 is 0. The molecule has 0 aromatic heterocycles. The van der Waals surface area contributed by atoms with Gasteiger partial charge in [0.25, 0.3) is 0 Å². The molecule has 2 rings (SSSR count). The summed E-state index contributed by atoms with van der Waals surface area (Å²) in [5.41, 5.74) is 0. The highest BCUT2D eigenvalue weighted by Crippen LogP contribution is 2.26. The molecule has 20 heavy (non-hydrogen) atoms. The smallest absolute Gasteiger partial charge is 0.317 e. The Morgan fingerprint density at radius 1 is 1.35 bits per heavy atom. The molecule has 2 amide bonds. The zero-order valence-corrected chi connectivity index (χ0v) is 11.7. The normalized spacial score (nSPS) is 33.5. The first kappa shape index (κ1) is 14.6. The van der Waals surface area contributed by atoms with Gasteiger partial charge in [-0.1, -0.05) is 6.92 Å². The van der Waals surface area contributed by atoms with Gasteiger partial charge >= 0.3 is 12.0 Å². The molecule has 4 atom stereocenters. The second kappa shape index (κ2) is 6.12. The molecule has 0 spiro atoms. The van der Waals surface area contributed by atoms with E-state index in [0.29, 0.717) is 13.0 Å². The molecule has 1 heterocycles. The summed E-state index contributed by atoms with van der Waals surface area (Å²) in [7, 11) is 0. The first-order chi connectivity index (χ1) is 9.51. The average molecular weight is 279 g/mol. The molecule has 4 unspecified atom stereocenters. The topological polar surface area (TPSA) is 93.4 Å². The van der Waals surface area contributed by atoms with Crippen LogP contribution in [0, 0.1) is 29.1 Å². The summed E-state index contributed by atoms with van der Waals surface area (Å²) in [6.45, 7) is 2.80. The van der Waals surface area contributed by atoms with Crippen LogP contribution in [0.2, 0.25) is 0 Å². The first-order valence-corrected chi connectivity index (χ1v) is 7.19. The van der Waals surface area contributed by atoms with Crippen molar-refractivity contribution in [1.29, 1.82) is 5.26 Å². The summed E-state index contributed by atoms with van der Waals surface area (Å²) in [6, 6.07) is 1.91. The van der Waals surface area contributed by atoms with Crippen LogP contribution in [0.25, 0.3) is 0 Å². The van der Waals surface area contributed by atoms with Crippen LogP contribution in [0.1, 0.15) is 32.6 Å². The Balaban J connectivity index is 1.94. The van der Waals surface area contributed by atoms with Crippen LogP contribution in [0.5, 0.6) is 0 Å². The number of nitrogens with one attached hydrogen (secondary N) is 1. The van der Waals surface area contributed by atoms with Crippen molar-refractivity contribution in [1.82, 2.24) is 10.2 Å². The lowest BCUT2D eigenvalue weighted by atomic mass is 9.91. The maximum atomic E-state index is 12.2. The summed E-state index contributed by atoms with van der Waals surface area (Å²) in [5.74, 6) is -1.26. The molecule has 1 saturated carbocycles. The van der Waals surface area contributed by atoms with E-state index in [-0.39, 0.29) is 30.5 Å². The Labute approximate surface area is 118 Å². The van der Waals surface area contributed by atoms with E-state index in [2.05, 4.69) is 11.4 Å². The number of hydrogen-bond acceptors (Lipinski definition) is 3. The van der Waals surface area contributed by atoms with E-state index in [9.17, 15) is 9.59 Å². The molecule has 1 aliphatic carbocycles. The number of carbonyl (C=O) groups is 2. The van der Waals surface area contributed by atoms with Crippen molar-refractivity contribution >= 4 is 12.0 Å². The molecule has 1 saturated heterocycles. The van der Waals surface area contributed by atoms with Crippen LogP contribution in [0.3, 0.4) is 0 Å². The van der Waals surface area contributed by atoms with E-state index < -0.39 is 11.9 Å². The number of carboxylic acids is 1. The summed E-state index contributed by atoms with van der Waals surface area (Å²) in [4.78, 5) is 24.9. The van der Waals surface area contributed by atoms with Crippen molar-refractivity contribution in [3.63, 3.8) is 0 Å². The highest BCUT2D eigenvalue weighted by Gasteiger charge is 2.34. The molecule has 1 aliphatic heterocycles. The van der Waals surface area contributed by atoms with E-state index in [1.807, 2.05) is 6.92 Å². The third-order valence-electron chi connectivity index (χ3n) is 4.29. The Bertz CT molecular complexity index is 432. The third-order valence-corrected chi connectivity index (χ3v) is 4.29. The van der Waals surface area contributed by atoms with Gasteiger partial charge < -0.3 is 15.3 Å². The number of nitrogens with zero attached hydrogens (tertiary/aromatic N) is 2. The molecule has 2 aliphatic rings. The van der Waals surface area contributed by atoms with Crippen LogP contribution in [0.15, 0.2) is 0 Å². The van der Waals surface area contributed by atoms with Gasteiger partial charge in [0.15, 0.2) is 0 Å². The average Bonchev–Trinajstić information content (AvgIpc) is 2.85. The van der Waals surface area contributed by atoms with E-state index in [0.717, 1.165) is 19.3 Å². The zero-order valence-electron chi connectivity index (χ0n) is 11.7. The zero-order chi connectivity index (χ0) is 14.7. The highest BCUT2D eigenvalue weighted by molar-refractivity contribution is 5.77. The molecule has 0 bridgehead atoms. The van der Waals surface area contributed by atoms with Crippen molar-refractivity contribution in [3.8, 4) is 6.07 Å². The lowest BCUT2D eigenvalue weighted by molar-refractivity contribution is -0.143. The summed E-state index contributed by atoms with van der Waals surface area (Å²) in [5, 5.41) is 21.0. The quantitative estimate of drug-likeness (QED) is 0.799. The molecule has 110 valence electrons. The molecule has 0 aromatic rings. The van der Waals surface area contributed by atoms with Gasteiger partial charge in [0.1, 0.15) is 0 Å². The fourth-order valence-electron chi connectivity index (χ4n) is 3.23. The minimum Gasteiger partial charge on any atom is -0.481 e. The second-order valence-corrected chi connectivity index (χ2v) is 6.00. The number of piperidine rings is 1. The Morgan fingerprint density at radius 2 is 2.10 bits per heavy atom. The number of urea groups is 1. The monoisotopic (exact) mass is 279 g/mol. The molecular weight excluding hydrogens is 258 g/mol. The van der Waals surface area contributed by atoms with Crippen molar-refractivity contribution in [3.05, 3.63) is 0 Å². The minimum absolute atomic E-state index is 0.0898. The molecule has 2 N–H and O–H groups in total. The van der Waals surface area contributed by atoms with Gasteiger partial charge in [-0.15, -0.1) is 0 Å². The fourth-order valence-corrected chi connectivity index (χ4v) is 3.23. The molecule has 2 fully saturated rings. The molecule has 6 nitrogen and oxygen atoms in total. The predicted molar refractivity (Wildman–Crippen MR) is 71.8 cm³/mol. The SMILES string of the molecule is CC1CC(C(=O)O)CN(C(=O)NC2CCCC2C#N)C1. The Kier molecular flexibility index (Phi) is 4.48. The Hall–Kier alpha value is -1.77. The standard InChI is InChI=1S/C14H21N3O3/c1-9-5-11(13(18)19)8-17(7-9)14(20)16-12-4-2-3-10(12)6-15/h9-12H,2-5,7-8H2,1H3,(H,16,20)(H,18,19). The minimum atomic E-state index is -0.842. The molecular formula is C14H21N3O3. The number of carboxylic acid groups (broad SMARTS) is 1. The second-order valence-electron chi connectivity index (χ2n) is 6.00. The highest BCUT2D eigenvalue weighted by atomic mass is 16.4. The first-order valence-electron chi connectivity index (χ1n) is 7.19. The van der Waals surface area contributed by atoms with Crippen LogP contribution in [0.4, 0.5) is 4.79 Å². The lowest BCUT2D eigenvalue weighted by Crippen LogP contribution is -2.52. The van der Waals surface area contributed by atoms with Crippen LogP contribution in [-0.2, 0) is 4.79 Å². The molecule has 0 aromatic carbocycles. The largest absolute Gasteiger partial charge is 0.481 e. The van der Waals surface area contributed by atoms with Gasteiger partial charge in [0, 0.05) is 19.1 Å². The third kappa shape index (κ3) is 3.21. The van der Waals surface area contributed by atoms with E-state index >= 15 is 0 Å².